The van der Waals surface area contributed by atoms with Crippen LogP contribution >= 0.6 is 0 Å². The Balaban J connectivity index is 1.64. The summed E-state index contributed by atoms with van der Waals surface area (Å²) in [4.78, 5) is 20.3. The van der Waals surface area contributed by atoms with Crippen molar-refractivity contribution in [2.24, 2.45) is 0 Å². The van der Waals surface area contributed by atoms with Crippen molar-refractivity contribution in [2.75, 3.05) is 5.32 Å². The van der Waals surface area contributed by atoms with E-state index < -0.39 is 0 Å². The molecule has 1 aromatic carbocycles. The third-order valence-corrected chi connectivity index (χ3v) is 5.25. The third kappa shape index (κ3) is 2.46. The van der Waals surface area contributed by atoms with E-state index >= 15 is 0 Å². The van der Waals surface area contributed by atoms with Crippen LogP contribution in [0.1, 0.15) is 35.4 Å². The number of hydrogen-bond donors (Lipinski definition) is 2. The molecule has 0 fully saturated rings. The highest BCUT2D eigenvalue weighted by atomic mass is 16.2. The molecule has 128 valence electrons. The summed E-state index contributed by atoms with van der Waals surface area (Å²) in [6.45, 7) is 0. The molecule has 26 heavy (non-hydrogen) atoms. The molecule has 0 atom stereocenters. The summed E-state index contributed by atoms with van der Waals surface area (Å²) in [6.07, 6.45) is 10.3. The number of nitrogens with one attached hydrogen (secondary N) is 2. The summed E-state index contributed by atoms with van der Waals surface area (Å²) in [7, 11) is 0. The van der Waals surface area contributed by atoms with Gasteiger partial charge in [-0.2, -0.15) is 0 Å². The zero-order valence-electron chi connectivity index (χ0n) is 14.4. The molecule has 0 saturated heterocycles. The summed E-state index contributed by atoms with van der Waals surface area (Å²) in [6, 6.07) is 12.1. The van der Waals surface area contributed by atoms with Gasteiger partial charge in [-0.25, -0.2) is 0 Å². The second-order valence-corrected chi connectivity index (χ2v) is 6.91. The Labute approximate surface area is 152 Å². The molecule has 2 aliphatic rings. The minimum Gasteiger partial charge on any atom is -0.359 e. The van der Waals surface area contributed by atoms with Crippen molar-refractivity contribution in [2.45, 2.75) is 25.7 Å². The standard InChI is InChI=1S/C22H19N3O/c26-22-18(13-16-12-15-4-1-2-6-19(15)24-16)21-17(5-3-7-20(21)25-22)14-8-10-23-11-9-14/h3,5,7-13,24H,1-2,4,6H2,(H,25,26)/b18-13-. The molecule has 4 nitrogen and oxygen atoms in total. The van der Waals surface area contributed by atoms with E-state index in [4.69, 9.17) is 0 Å². The number of carbonyl (C=O) groups excluding carboxylic acids is 1. The van der Waals surface area contributed by atoms with Crippen molar-refractivity contribution in [1.82, 2.24) is 9.97 Å². The number of aryl methyl sites for hydroxylation is 2. The van der Waals surface area contributed by atoms with Crippen LogP contribution in [0.15, 0.2) is 48.8 Å². The molecule has 0 radical (unpaired) electrons. The number of hydrogen-bond acceptors (Lipinski definition) is 2. The normalized spacial score (nSPS) is 17.1. The number of fused-ring (bicyclic) bond motifs is 2. The number of rotatable bonds is 2. The van der Waals surface area contributed by atoms with E-state index in [0.29, 0.717) is 5.57 Å². The van der Waals surface area contributed by atoms with Crippen molar-refractivity contribution in [3.05, 3.63) is 71.3 Å². The molecule has 0 unspecified atom stereocenters. The van der Waals surface area contributed by atoms with E-state index in [1.807, 2.05) is 30.3 Å². The van der Waals surface area contributed by atoms with E-state index in [1.54, 1.807) is 12.4 Å². The lowest BCUT2D eigenvalue weighted by atomic mass is 9.95. The quantitative estimate of drug-likeness (QED) is 0.677. The van der Waals surface area contributed by atoms with Crippen LogP contribution in [0.3, 0.4) is 0 Å². The molecule has 3 aromatic rings. The molecule has 0 spiro atoms. The fraction of sp³-hybridized carbons (Fsp3) is 0.182. The Morgan fingerprint density at radius 1 is 1.04 bits per heavy atom. The number of H-pyrrole nitrogens is 1. The van der Waals surface area contributed by atoms with E-state index in [2.05, 4.69) is 27.4 Å². The maximum absolute atomic E-state index is 12.7. The van der Waals surface area contributed by atoms with E-state index in [1.165, 1.54) is 24.1 Å². The van der Waals surface area contributed by atoms with Gasteiger partial charge in [-0.1, -0.05) is 12.1 Å². The Kier molecular flexibility index (Phi) is 3.49. The van der Waals surface area contributed by atoms with Crippen molar-refractivity contribution < 1.29 is 4.79 Å². The van der Waals surface area contributed by atoms with Gasteiger partial charge in [0.05, 0.1) is 5.57 Å². The molecule has 1 amide bonds. The van der Waals surface area contributed by atoms with Gasteiger partial charge in [-0.15, -0.1) is 0 Å². The van der Waals surface area contributed by atoms with Crippen LogP contribution in [-0.4, -0.2) is 15.9 Å². The molecule has 5 rings (SSSR count). The molecule has 1 aliphatic heterocycles. The Bertz CT molecular complexity index is 1010. The van der Waals surface area contributed by atoms with Gasteiger partial charge in [-0.3, -0.25) is 9.78 Å². The molecule has 4 heteroatoms. The first kappa shape index (κ1) is 15.1. The lowest BCUT2D eigenvalue weighted by Gasteiger charge is -2.09. The van der Waals surface area contributed by atoms with Crippen LogP contribution in [-0.2, 0) is 17.6 Å². The number of aromatic nitrogens is 2. The number of nitrogens with zero attached hydrogens (tertiary/aromatic N) is 1. The molecule has 2 N–H and O–H groups in total. The van der Waals surface area contributed by atoms with Gasteiger partial charge in [-0.05, 0) is 72.7 Å². The summed E-state index contributed by atoms with van der Waals surface area (Å²) in [5.41, 5.74) is 8.39. The fourth-order valence-corrected chi connectivity index (χ4v) is 4.02. The topological polar surface area (TPSA) is 57.8 Å². The van der Waals surface area contributed by atoms with Crippen LogP contribution in [0.2, 0.25) is 0 Å². The number of anilines is 1. The summed E-state index contributed by atoms with van der Waals surface area (Å²) < 4.78 is 0. The number of pyridine rings is 1. The van der Waals surface area contributed by atoms with Crippen molar-refractivity contribution >= 4 is 23.2 Å². The average molecular weight is 341 g/mol. The second-order valence-electron chi connectivity index (χ2n) is 6.91. The summed E-state index contributed by atoms with van der Waals surface area (Å²) in [5.74, 6) is -0.0471. The van der Waals surface area contributed by atoms with Gasteiger partial charge < -0.3 is 10.3 Å². The summed E-state index contributed by atoms with van der Waals surface area (Å²) >= 11 is 0. The molecular formula is C22H19N3O. The van der Waals surface area contributed by atoms with Crippen LogP contribution < -0.4 is 5.32 Å². The van der Waals surface area contributed by atoms with E-state index in [-0.39, 0.29) is 5.91 Å². The van der Waals surface area contributed by atoms with Gasteiger partial charge in [0.1, 0.15) is 0 Å². The van der Waals surface area contributed by atoms with Gasteiger partial charge in [0, 0.05) is 35.0 Å². The maximum Gasteiger partial charge on any atom is 0.256 e. The van der Waals surface area contributed by atoms with Gasteiger partial charge in [0.15, 0.2) is 0 Å². The summed E-state index contributed by atoms with van der Waals surface area (Å²) in [5, 5.41) is 3.00. The first-order chi connectivity index (χ1) is 12.8. The molecule has 0 saturated carbocycles. The number of aromatic amines is 1. The predicted molar refractivity (Wildman–Crippen MR) is 104 cm³/mol. The number of carbonyl (C=O) groups is 1. The highest BCUT2D eigenvalue weighted by molar-refractivity contribution is 6.36. The lowest BCUT2D eigenvalue weighted by Crippen LogP contribution is -2.03. The molecule has 2 aromatic heterocycles. The number of amides is 1. The zero-order valence-corrected chi connectivity index (χ0v) is 14.4. The predicted octanol–water partition coefficient (Wildman–Crippen LogP) is 4.45. The minimum absolute atomic E-state index is 0.0471. The molecular weight excluding hydrogens is 322 g/mol. The van der Waals surface area contributed by atoms with Crippen LogP contribution in [0.5, 0.6) is 0 Å². The van der Waals surface area contributed by atoms with Crippen molar-refractivity contribution in [3.63, 3.8) is 0 Å². The van der Waals surface area contributed by atoms with Crippen LogP contribution in [0, 0.1) is 0 Å². The van der Waals surface area contributed by atoms with Crippen LogP contribution in [0.25, 0.3) is 22.8 Å². The maximum atomic E-state index is 12.7. The third-order valence-electron chi connectivity index (χ3n) is 5.25. The Morgan fingerprint density at radius 2 is 1.88 bits per heavy atom. The SMILES string of the molecule is O=C1Nc2cccc(-c3ccncc3)c2/C1=C/c1cc2c([nH]1)CCCC2. The zero-order chi connectivity index (χ0) is 17.5. The molecule has 3 heterocycles. The molecule has 1 aliphatic carbocycles. The van der Waals surface area contributed by atoms with Crippen molar-refractivity contribution in [1.29, 1.82) is 0 Å². The monoisotopic (exact) mass is 341 g/mol. The van der Waals surface area contributed by atoms with Gasteiger partial charge in [0.2, 0.25) is 0 Å². The first-order valence-corrected chi connectivity index (χ1v) is 9.07. The number of benzene rings is 1. The lowest BCUT2D eigenvalue weighted by molar-refractivity contribution is -0.110. The van der Waals surface area contributed by atoms with E-state index in [0.717, 1.165) is 40.9 Å². The fourth-order valence-electron chi connectivity index (χ4n) is 4.02. The van der Waals surface area contributed by atoms with Gasteiger partial charge >= 0.3 is 0 Å². The van der Waals surface area contributed by atoms with Crippen LogP contribution in [0.4, 0.5) is 5.69 Å². The Morgan fingerprint density at radius 3 is 2.73 bits per heavy atom. The molecule has 0 bridgehead atoms. The largest absolute Gasteiger partial charge is 0.359 e. The highest BCUT2D eigenvalue weighted by Gasteiger charge is 2.27. The van der Waals surface area contributed by atoms with Crippen molar-refractivity contribution in [3.8, 4) is 11.1 Å². The second kappa shape index (κ2) is 5.99. The minimum atomic E-state index is -0.0471. The first-order valence-electron chi connectivity index (χ1n) is 9.07. The Hall–Kier alpha value is -3.14. The van der Waals surface area contributed by atoms with Gasteiger partial charge in [0.25, 0.3) is 5.91 Å². The highest BCUT2D eigenvalue weighted by Crippen LogP contribution is 2.40. The smallest absolute Gasteiger partial charge is 0.256 e. The average Bonchev–Trinajstić information content (AvgIpc) is 3.23. The van der Waals surface area contributed by atoms with E-state index in [9.17, 15) is 4.79 Å².